The quantitative estimate of drug-likeness (QED) is 0.500. The molecule has 6 heteroatoms. The highest BCUT2D eigenvalue weighted by Gasteiger charge is 2.33. The molecule has 5 nitrogen and oxygen atoms in total. The van der Waals surface area contributed by atoms with Crippen molar-refractivity contribution in [1.29, 1.82) is 0 Å². The van der Waals surface area contributed by atoms with Crippen molar-refractivity contribution >= 4 is 27.8 Å². The Morgan fingerprint density at radius 3 is 2.89 bits per heavy atom. The van der Waals surface area contributed by atoms with Gasteiger partial charge in [0, 0.05) is 42.4 Å². The molecule has 4 rings (SSSR count). The number of hydrogen-bond donors (Lipinski definition) is 0. The molecule has 0 bridgehead atoms. The van der Waals surface area contributed by atoms with E-state index in [9.17, 15) is 4.79 Å². The summed E-state index contributed by atoms with van der Waals surface area (Å²) in [5, 5.41) is 0. The second kappa shape index (κ2) is 8.07. The van der Waals surface area contributed by atoms with Crippen LogP contribution in [0.4, 0.5) is 0 Å². The molecule has 2 aromatic carbocycles. The molecule has 0 aliphatic carbocycles. The van der Waals surface area contributed by atoms with Crippen LogP contribution >= 0.6 is 15.9 Å². The number of benzene rings is 2. The lowest BCUT2D eigenvalue weighted by Crippen LogP contribution is -2.33. The lowest BCUT2D eigenvalue weighted by Gasteiger charge is -2.30. The van der Waals surface area contributed by atoms with Gasteiger partial charge in [0.2, 0.25) is 5.78 Å². The molecule has 0 atom stereocenters. The molecule has 2 aromatic rings. The van der Waals surface area contributed by atoms with E-state index < -0.39 is 0 Å². The number of methoxy groups -OCH3 is 1. The van der Waals surface area contributed by atoms with E-state index in [1.165, 1.54) is 0 Å². The summed E-state index contributed by atoms with van der Waals surface area (Å²) in [5.74, 6) is 1.68. The van der Waals surface area contributed by atoms with Crippen LogP contribution in [0.25, 0.3) is 6.08 Å². The Morgan fingerprint density at radius 2 is 2.11 bits per heavy atom. The van der Waals surface area contributed by atoms with Gasteiger partial charge in [0.05, 0.1) is 5.56 Å². The van der Waals surface area contributed by atoms with Gasteiger partial charge < -0.3 is 14.2 Å². The van der Waals surface area contributed by atoms with Gasteiger partial charge in [0.25, 0.3) is 0 Å². The van der Waals surface area contributed by atoms with Crippen LogP contribution in [0.5, 0.6) is 11.5 Å². The number of ether oxygens (including phenoxy) is 3. The second-order valence-electron chi connectivity index (χ2n) is 7.00. The van der Waals surface area contributed by atoms with Gasteiger partial charge in [-0.2, -0.15) is 0 Å². The first-order valence-corrected chi connectivity index (χ1v) is 10.1. The van der Waals surface area contributed by atoms with Gasteiger partial charge in [-0.05, 0) is 37.1 Å². The van der Waals surface area contributed by atoms with Crippen LogP contribution in [0, 0.1) is 6.92 Å². The Kier molecular flexibility index (Phi) is 5.53. The van der Waals surface area contributed by atoms with E-state index in [4.69, 9.17) is 14.2 Å². The molecule has 0 aromatic heterocycles. The number of fused-ring (bicyclic) bond motifs is 2. The maximum Gasteiger partial charge on any atom is 0.231 e. The Hall–Kier alpha value is -2.15. The lowest BCUT2D eigenvalue weighted by molar-refractivity contribution is 0.0826. The number of nitrogens with zero attached hydrogens (tertiary/aromatic N) is 1. The number of Topliss-reactive ketones (excluding diaryl/α,β-unsaturated/α-hetero) is 1. The minimum absolute atomic E-state index is 0.0897. The van der Waals surface area contributed by atoms with Crippen molar-refractivity contribution < 1.29 is 19.0 Å². The Bertz CT molecular complexity index is 954. The van der Waals surface area contributed by atoms with E-state index in [1.807, 2.05) is 37.3 Å². The molecule has 0 saturated carbocycles. The molecular weight excluding hydrogens is 422 g/mol. The predicted octanol–water partition coefficient (Wildman–Crippen LogP) is 4.56. The average molecular weight is 444 g/mol. The van der Waals surface area contributed by atoms with Crippen molar-refractivity contribution in [1.82, 2.24) is 4.90 Å². The zero-order valence-electron chi connectivity index (χ0n) is 16.0. The van der Waals surface area contributed by atoms with Gasteiger partial charge in [-0.1, -0.05) is 34.1 Å². The molecule has 0 saturated heterocycles. The zero-order chi connectivity index (χ0) is 19.7. The fraction of sp³-hybridized carbons (Fsp3) is 0.318. The second-order valence-corrected chi connectivity index (χ2v) is 7.85. The number of allylic oxidation sites excluding steroid dienone is 1. The Morgan fingerprint density at radius 1 is 1.29 bits per heavy atom. The third-order valence-electron chi connectivity index (χ3n) is 5.02. The molecular formula is C22H22BrNO4. The van der Waals surface area contributed by atoms with Crippen molar-refractivity contribution in [3.63, 3.8) is 0 Å². The van der Waals surface area contributed by atoms with E-state index >= 15 is 0 Å². The van der Waals surface area contributed by atoms with Crippen molar-refractivity contribution in [3.8, 4) is 11.5 Å². The first kappa shape index (κ1) is 19.2. The predicted molar refractivity (Wildman–Crippen MR) is 111 cm³/mol. The van der Waals surface area contributed by atoms with Crippen molar-refractivity contribution in [2.45, 2.75) is 19.9 Å². The highest BCUT2D eigenvalue weighted by molar-refractivity contribution is 9.10. The van der Waals surface area contributed by atoms with Crippen LogP contribution in [-0.4, -0.2) is 37.7 Å². The van der Waals surface area contributed by atoms with Gasteiger partial charge in [-0.3, -0.25) is 9.69 Å². The monoisotopic (exact) mass is 443 g/mol. The van der Waals surface area contributed by atoms with Crippen molar-refractivity contribution in [2.75, 3.05) is 27.0 Å². The summed E-state index contributed by atoms with van der Waals surface area (Å²) in [6.07, 6.45) is 2.72. The van der Waals surface area contributed by atoms with E-state index in [2.05, 4.69) is 20.8 Å². The number of halogens is 1. The first-order valence-electron chi connectivity index (χ1n) is 9.28. The number of carbonyl (C=O) groups excluding carboxylic acids is 1. The molecule has 2 aliphatic rings. The topological polar surface area (TPSA) is 48.0 Å². The summed E-state index contributed by atoms with van der Waals surface area (Å²) in [7, 11) is 1.71. The lowest BCUT2D eigenvalue weighted by atomic mass is 10.00. The molecule has 0 N–H and O–H groups in total. The fourth-order valence-corrected chi connectivity index (χ4v) is 4.01. The molecule has 0 spiro atoms. The van der Waals surface area contributed by atoms with Crippen LogP contribution in [0.3, 0.4) is 0 Å². The Labute approximate surface area is 173 Å². The third-order valence-corrected chi connectivity index (χ3v) is 5.74. The van der Waals surface area contributed by atoms with E-state index in [1.54, 1.807) is 13.2 Å². The normalized spacial score (nSPS) is 17.2. The van der Waals surface area contributed by atoms with Crippen LogP contribution in [-0.2, 0) is 11.3 Å². The molecule has 28 heavy (non-hydrogen) atoms. The molecule has 0 radical (unpaired) electrons. The third kappa shape index (κ3) is 3.60. The molecule has 0 unspecified atom stereocenters. The molecule has 0 amide bonds. The number of rotatable bonds is 5. The number of ketones is 1. The maximum absolute atomic E-state index is 13.0. The van der Waals surface area contributed by atoms with E-state index in [0.29, 0.717) is 23.8 Å². The maximum atomic E-state index is 13.0. The van der Waals surface area contributed by atoms with Crippen LogP contribution in [0.2, 0.25) is 0 Å². The van der Waals surface area contributed by atoms with Crippen LogP contribution in [0.1, 0.15) is 33.5 Å². The average Bonchev–Trinajstić information content (AvgIpc) is 3.00. The fourth-order valence-electron chi connectivity index (χ4n) is 3.61. The molecule has 146 valence electrons. The highest BCUT2D eigenvalue weighted by Crippen LogP contribution is 2.43. The molecule has 2 heterocycles. The highest BCUT2D eigenvalue weighted by atomic mass is 79.9. The smallest absolute Gasteiger partial charge is 0.231 e. The van der Waals surface area contributed by atoms with Crippen molar-refractivity contribution in [3.05, 3.63) is 62.8 Å². The van der Waals surface area contributed by atoms with E-state index in [-0.39, 0.29) is 5.78 Å². The summed E-state index contributed by atoms with van der Waals surface area (Å²) in [5.41, 5.74) is 3.42. The van der Waals surface area contributed by atoms with Gasteiger partial charge in [0.1, 0.15) is 18.2 Å². The molecule has 2 aliphatic heterocycles. The van der Waals surface area contributed by atoms with Gasteiger partial charge in [0.15, 0.2) is 5.76 Å². The van der Waals surface area contributed by atoms with E-state index in [0.717, 1.165) is 53.0 Å². The van der Waals surface area contributed by atoms with Gasteiger partial charge in [-0.15, -0.1) is 0 Å². The summed E-state index contributed by atoms with van der Waals surface area (Å²) >= 11 is 3.51. The first-order chi connectivity index (χ1) is 13.6. The number of hydrogen-bond acceptors (Lipinski definition) is 5. The molecule has 0 fully saturated rings. The van der Waals surface area contributed by atoms with Crippen LogP contribution in [0.15, 0.2) is 40.6 Å². The SMILES string of the molecule is COCCCN1COc2c(cc3c(c2C)O/C(=C\c2ccccc2Br)C3=O)C1. The summed E-state index contributed by atoms with van der Waals surface area (Å²) in [6.45, 7) is 4.85. The van der Waals surface area contributed by atoms with Gasteiger partial charge in [-0.25, -0.2) is 0 Å². The minimum atomic E-state index is -0.0897. The summed E-state index contributed by atoms with van der Waals surface area (Å²) in [6, 6.07) is 9.67. The van der Waals surface area contributed by atoms with Crippen molar-refractivity contribution in [2.24, 2.45) is 0 Å². The standard InChI is InChI=1S/C22H22BrNO4/c1-14-21-16(12-24(13-27-21)8-5-9-26-2)10-17-20(25)19(28-22(14)17)11-15-6-3-4-7-18(15)23/h3-4,6-7,10-11H,5,8-9,12-13H2,1-2H3/b19-11-. The summed E-state index contributed by atoms with van der Waals surface area (Å²) < 4.78 is 18.0. The Balaban J connectivity index is 1.62. The zero-order valence-corrected chi connectivity index (χ0v) is 17.5. The van der Waals surface area contributed by atoms with Gasteiger partial charge >= 0.3 is 0 Å². The number of carbonyl (C=O) groups is 1. The largest absolute Gasteiger partial charge is 0.477 e. The summed E-state index contributed by atoms with van der Waals surface area (Å²) in [4.78, 5) is 15.2. The van der Waals surface area contributed by atoms with Crippen LogP contribution < -0.4 is 9.47 Å². The minimum Gasteiger partial charge on any atom is -0.477 e.